The molecule has 1 amide bonds. The molecule has 5 rings (SSSR count). The van der Waals surface area contributed by atoms with Crippen molar-refractivity contribution >= 4 is 28.1 Å². The van der Waals surface area contributed by atoms with E-state index in [-0.39, 0.29) is 30.5 Å². The van der Waals surface area contributed by atoms with Gasteiger partial charge in [0.2, 0.25) is 17.6 Å². The summed E-state index contributed by atoms with van der Waals surface area (Å²) in [5.74, 6) is 1.31. The lowest BCUT2D eigenvalue weighted by Crippen LogP contribution is -2.38. The van der Waals surface area contributed by atoms with Crippen LogP contribution in [0.2, 0.25) is 0 Å². The molecule has 3 aromatic heterocycles. The highest BCUT2D eigenvalue weighted by molar-refractivity contribution is 7.13. The zero-order valence-electron chi connectivity index (χ0n) is 17.9. The number of carbonyl (C=O) groups excluding carboxylic acids is 1. The van der Waals surface area contributed by atoms with Gasteiger partial charge in [-0.2, -0.15) is 4.98 Å². The standard InChI is InChI=1S/C23H23N5O4S/c29-21(10-9-20-26-22(27-32-20)18-8-4-12-33-18)28(13-15-5-3-11-31-15)14-19-24-17-7-2-1-6-16(17)23(30)25-19/h1-2,4,6-8,12,15H,3,5,9-11,13-14H2,(H,24,25,30)/t15-/m1/s1. The molecule has 10 heteroatoms. The number of H-pyrrole nitrogens is 1. The number of ether oxygens (including phenoxy) is 1. The van der Waals surface area contributed by atoms with Crippen molar-refractivity contribution in [2.45, 2.75) is 38.3 Å². The minimum atomic E-state index is -0.216. The molecule has 0 radical (unpaired) electrons. The second-order valence-corrected chi connectivity index (χ2v) is 8.88. The van der Waals surface area contributed by atoms with Gasteiger partial charge in [0.25, 0.3) is 5.56 Å². The van der Waals surface area contributed by atoms with Gasteiger partial charge in [0.1, 0.15) is 5.82 Å². The second kappa shape index (κ2) is 9.63. The number of fused-ring (bicyclic) bond motifs is 1. The third-order valence-corrected chi connectivity index (χ3v) is 6.43. The second-order valence-electron chi connectivity index (χ2n) is 7.93. The minimum absolute atomic E-state index is 0.0186. The molecule has 33 heavy (non-hydrogen) atoms. The number of nitrogens with zero attached hydrogens (tertiary/aromatic N) is 4. The molecule has 1 atom stereocenters. The first-order valence-corrected chi connectivity index (χ1v) is 11.8. The van der Waals surface area contributed by atoms with Gasteiger partial charge >= 0.3 is 0 Å². The van der Waals surface area contributed by atoms with Crippen LogP contribution in [0, 0.1) is 0 Å². The quantitative estimate of drug-likeness (QED) is 0.425. The van der Waals surface area contributed by atoms with E-state index in [1.807, 2.05) is 23.6 Å². The predicted octanol–water partition coefficient (Wildman–Crippen LogP) is 3.18. The molecule has 0 bridgehead atoms. The van der Waals surface area contributed by atoms with Crippen molar-refractivity contribution in [3.05, 3.63) is 63.8 Å². The summed E-state index contributed by atoms with van der Waals surface area (Å²) in [5.41, 5.74) is 0.389. The summed E-state index contributed by atoms with van der Waals surface area (Å²) >= 11 is 1.53. The smallest absolute Gasteiger partial charge is 0.258 e. The highest BCUT2D eigenvalue weighted by Crippen LogP contribution is 2.22. The summed E-state index contributed by atoms with van der Waals surface area (Å²) in [6.45, 7) is 1.34. The van der Waals surface area contributed by atoms with Crippen LogP contribution in [-0.4, -0.2) is 50.2 Å². The average molecular weight is 466 g/mol. The number of hydrogen-bond donors (Lipinski definition) is 1. The van der Waals surface area contributed by atoms with E-state index in [2.05, 4.69) is 20.1 Å². The average Bonchev–Trinajstić information content (AvgIpc) is 3.60. The zero-order valence-corrected chi connectivity index (χ0v) is 18.7. The molecule has 4 heterocycles. The van der Waals surface area contributed by atoms with E-state index in [9.17, 15) is 9.59 Å². The largest absolute Gasteiger partial charge is 0.376 e. The molecular weight excluding hydrogens is 442 g/mol. The molecule has 0 saturated carbocycles. The first-order valence-electron chi connectivity index (χ1n) is 10.9. The number of nitrogens with one attached hydrogen (secondary N) is 1. The molecule has 0 spiro atoms. The van der Waals surface area contributed by atoms with Gasteiger partial charge in [-0.05, 0) is 36.4 Å². The van der Waals surface area contributed by atoms with Crippen LogP contribution < -0.4 is 5.56 Å². The molecular formula is C23H23N5O4S. The normalized spacial score (nSPS) is 15.8. The maximum atomic E-state index is 13.2. The summed E-state index contributed by atoms with van der Waals surface area (Å²) in [5, 5.41) is 6.47. The van der Waals surface area contributed by atoms with Gasteiger partial charge in [-0.3, -0.25) is 9.59 Å². The minimum Gasteiger partial charge on any atom is -0.376 e. The van der Waals surface area contributed by atoms with Gasteiger partial charge < -0.3 is 19.1 Å². The maximum absolute atomic E-state index is 13.2. The number of aryl methyl sites for hydroxylation is 1. The summed E-state index contributed by atoms with van der Waals surface area (Å²) < 4.78 is 11.1. The third kappa shape index (κ3) is 5.01. The molecule has 1 saturated heterocycles. The molecule has 1 aliphatic rings. The highest BCUT2D eigenvalue weighted by Gasteiger charge is 2.24. The van der Waals surface area contributed by atoms with Crippen LogP contribution in [0.5, 0.6) is 0 Å². The fourth-order valence-electron chi connectivity index (χ4n) is 3.91. The third-order valence-electron chi connectivity index (χ3n) is 5.57. The summed E-state index contributed by atoms with van der Waals surface area (Å²) in [4.78, 5) is 40.0. The molecule has 170 valence electrons. The lowest BCUT2D eigenvalue weighted by Gasteiger charge is -2.25. The molecule has 0 aliphatic carbocycles. The molecule has 1 aliphatic heterocycles. The lowest BCUT2D eigenvalue weighted by atomic mass is 10.2. The summed E-state index contributed by atoms with van der Waals surface area (Å²) in [7, 11) is 0. The van der Waals surface area contributed by atoms with Crippen molar-refractivity contribution in [1.29, 1.82) is 0 Å². The monoisotopic (exact) mass is 465 g/mol. The first-order chi connectivity index (χ1) is 16.2. The van der Waals surface area contributed by atoms with Crippen molar-refractivity contribution < 1.29 is 14.1 Å². The van der Waals surface area contributed by atoms with E-state index < -0.39 is 0 Å². The Labute approximate surface area is 193 Å². The number of aromatic amines is 1. The van der Waals surface area contributed by atoms with Crippen LogP contribution in [0.1, 0.15) is 31.0 Å². The van der Waals surface area contributed by atoms with Crippen LogP contribution in [0.3, 0.4) is 0 Å². The Morgan fingerprint density at radius 3 is 2.94 bits per heavy atom. The maximum Gasteiger partial charge on any atom is 0.258 e. The van der Waals surface area contributed by atoms with Crippen LogP contribution in [0.4, 0.5) is 0 Å². The predicted molar refractivity (Wildman–Crippen MR) is 123 cm³/mol. The number of carbonyl (C=O) groups is 1. The fourth-order valence-corrected chi connectivity index (χ4v) is 4.56. The van der Waals surface area contributed by atoms with Gasteiger partial charge in [0, 0.05) is 26.0 Å². The van der Waals surface area contributed by atoms with Gasteiger partial charge in [-0.1, -0.05) is 23.4 Å². The zero-order chi connectivity index (χ0) is 22.6. The Balaban J connectivity index is 1.30. The Bertz CT molecular complexity index is 1290. The molecule has 1 N–H and O–H groups in total. The van der Waals surface area contributed by atoms with Crippen molar-refractivity contribution in [3.8, 4) is 10.7 Å². The number of aromatic nitrogens is 4. The van der Waals surface area contributed by atoms with Gasteiger partial charge in [-0.15, -0.1) is 11.3 Å². The first kappa shape index (κ1) is 21.5. The van der Waals surface area contributed by atoms with E-state index in [1.54, 1.807) is 23.1 Å². The molecule has 9 nitrogen and oxygen atoms in total. The van der Waals surface area contributed by atoms with E-state index in [0.717, 1.165) is 17.7 Å². The topological polar surface area (TPSA) is 114 Å². The van der Waals surface area contributed by atoms with Crippen molar-refractivity contribution in [3.63, 3.8) is 0 Å². The number of benzene rings is 1. The summed E-state index contributed by atoms with van der Waals surface area (Å²) in [6.07, 6.45) is 2.40. The summed E-state index contributed by atoms with van der Waals surface area (Å²) in [6, 6.07) is 11.0. The number of para-hydroxylation sites is 1. The molecule has 4 aromatic rings. The number of rotatable bonds is 8. The molecule has 1 fully saturated rings. The van der Waals surface area contributed by atoms with Crippen molar-refractivity contribution in [1.82, 2.24) is 25.0 Å². The van der Waals surface area contributed by atoms with Crippen LogP contribution in [0.25, 0.3) is 21.6 Å². The van der Waals surface area contributed by atoms with Gasteiger partial charge in [0.05, 0.1) is 28.4 Å². The van der Waals surface area contributed by atoms with Gasteiger partial charge in [-0.25, -0.2) is 4.98 Å². The molecule has 0 unspecified atom stereocenters. The Morgan fingerprint density at radius 1 is 1.21 bits per heavy atom. The van der Waals surface area contributed by atoms with Crippen LogP contribution in [0.15, 0.2) is 51.1 Å². The fraction of sp³-hybridized carbons (Fsp3) is 0.348. The van der Waals surface area contributed by atoms with E-state index in [4.69, 9.17) is 9.26 Å². The lowest BCUT2D eigenvalue weighted by molar-refractivity contribution is -0.133. The molecule has 1 aromatic carbocycles. The number of thiophene rings is 1. The van der Waals surface area contributed by atoms with Crippen molar-refractivity contribution in [2.24, 2.45) is 0 Å². The van der Waals surface area contributed by atoms with Crippen LogP contribution >= 0.6 is 11.3 Å². The Kier molecular flexibility index (Phi) is 6.27. The van der Waals surface area contributed by atoms with Crippen LogP contribution in [-0.2, 0) is 22.5 Å². The number of hydrogen-bond acceptors (Lipinski definition) is 8. The highest BCUT2D eigenvalue weighted by atomic mass is 32.1. The van der Waals surface area contributed by atoms with E-state index in [0.29, 0.717) is 48.0 Å². The Hall–Kier alpha value is -3.37. The Morgan fingerprint density at radius 2 is 2.12 bits per heavy atom. The van der Waals surface area contributed by atoms with E-state index in [1.165, 1.54) is 11.3 Å². The SMILES string of the molecule is O=C(CCc1nc(-c2cccs2)no1)N(Cc1nc2ccccc2c(=O)[nH]1)C[C@H]1CCCO1. The number of amides is 1. The van der Waals surface area contributed by atoms with Gasteiger partial charge in [0.15, 0.2) is 0 Å². The van der Waals surface area contributed by atoms with Crippen molar-refractivity contribution in [2.75, 3.05) is 13.2 Å². The van der Waals surface area contributed by atoms with E-state index >= 15 is 0 Å².